The second-order valence-electron chi connectivity index (χ2n) is 6.53. The molecule has 1 atom stereocenters. The van der Waals surface area contributed by atoms with Crippen LogP contribution >= 0.6 is 23.2 Å². The van der Waals surface area contributed by atoms with Crippen LogP contribution in [0.1, 0.15) is 19.3 Å². The smallest absolute Gasteiger partial charge is 0.251 e. The molecule has 134 valence electrons. The van der Waals surface area contributed by atoms with Gasteiger partial charge in [-0.15, -0.1) is 0 Å². The Morgan fingerprint density at radius 1 is 1.08 bits per heavy atom. The van der Waals surface area contributed by atoms with Crippen molar-refractivity contribution in [1.82, 2.24) is 4.90 Å². The van der Waals surface area contributed by atoms with Crippen LogP contribution in [0.4, 0.5) is 5.69 Å². The Labute approximate surface area is 155 Å². The number of amides is 2. The van der Waals surface area contributed by atoms with Crippen molar-refractivity contribution < 1.29 is 19.1 Å². The predicted octanol–water partition coefficient (Wildman–Crippen LogP) is 2.46. The maximum atomic E-state index is 12.9. The molecule has 3 aliphatic heterocycles. The Kier molecular flexibility index (Phi) is 4.50. The van der Waals surface area contributed by atoms with E-state index in [1.807, 2.05) is 4.90 Å². The van der Waals surface area contributed by atoms with Crippen LogP contribution in [0, 0.1) is 0 Å². The van der Waals surface area contributed by atoms with Gasteiger partial charge in [0.05, 0.1) is 36.4 Å². The molecule has 0 radical (unpaired) electrons. The minimum Gasteiger partial charge on any atom is -0.347 e. The highest BCUT2D eigenvalue weighted by atomic mass is 35.5. The van der Waals surface area contributed by atoms with Gasteiger partial charge in [-0.2, -0.15) is 0 Å². The number of likely N-dealkylation sites (tertiary alicyclic amines) is 1. The SMILES string of the molecule is O=C1C[C@H](N2CCC3(CC2)OCCO3)C(=O)N1c1ccc(Cl)cc1Cl. The average Bonchev–Trinajstić information content (AvgIpc) is 3.15. The first-order chi connectivity index (χ1) is 12.0. The Balaban J connectivity index is 1.50. The van der Waals surface area contributed by atoms with Gasteiger partial charge in [0.1, 0.15) is 0 Å². The lowest BCUT2D eigenvalue weighted by Gasteiger charge is -2.39. The highest BCUT2D eigenvalue weighted by Gasteiger charge is 2.47. The van der Waals surface area contributed by atoms with Gasteiger partial charge in [0.25, 0.3) is 5.91 Å². The van der Waals surface area contributed by atoms with Crippen molar-refractivity contribution in [3.05, 3.63) is 28.2 Å². The maximum absolute atomic E-state index is 12.9. The molecule has 25 heavy (non-hydrogen) atoms. The van der Waals surface area contributed by atoms with E-state index in [9.17, 15) is 9.59 Å². The molecule has 1 aromatic rings. The molecule has 0 saturated carbocycles. The monoisotopic (exact) mass is 384 g/mol. The first-order valence-electron chi connectivity index (χ1n) is 8.33. The molecular weight excluding hydrogens is 367 g/mol. The number of anilines is 1. The molecule has 1 spiro atoms. The molecule has 3 fully saturated rings. The normalized spacial score (nSPS) is 26.8. The number of benzene rings is 1. The summed E-state index contributed by atoms with van der Waals surface area (Å²) in [6.07, 6.45) is 1.56. The highest BCUT2D eigenvalue weighted by molar-refractivity contribution is 6.38. The van der Waals surface area contributed by atoms with Crippen molar-refractivity contribution in [3.63, 3.8) is 0 Å². The van der Waals surface area contributed by atoms with Crippen LogP contribution in [0.3, 0.4) is 0 Å². The summed E-state index contributed by atoms with van der Waals surface area (Å²) in [4.78, 5) is 28.6. The zero-order chi connectivity index (χ0) is 17.6. The Bertz CT molecular complexity index is 711. The minimum atomic E-state index is -0.499. The van der Waals surface area contributed by atoms with Crippen molar-refractivity contribution in [3.8, 4) is 0 Å². The second-order valence-corrected chi connectivity index (χ2v) is 7.37. The summed E-state index contributed by atoms with van der Waals surface area (Å²) in [7, 11) is 0. The fourth-order valence-corrected chi connectivity index (χ4v) is 4.27. The van der Waals surface area contributed by atoms with Crippen LogP contribution in [0.15, 0.2) is 18.2 Å². The number of hydrogen-bond donors (Lipinski definition) is 0. The van der Waals surface area contributed by atoms with Crippen molar-refractivity contribution in [2.45, 2.75) is 31.1 Å². The molecule has 1 aromatic carbocycles. The Morgan fingerprint density at radius 3 is 2.40 bits per heavy atom. The fourth-order valence-electron chi connectivity index (χ4n) is 3.78. The summed E-state index contributed by atoms with van der Waals surface area (Å²) in [5.74, 6) is -0.979. The van der Waals surface area contributed by atoms with E-state index in [2.05, 4.69) is 0 Å². The third-order valence-electron chi connectivity index (χ3n) is 5.09. The van der Waals surface area contributed by atoms with E-state index >= 15 is 0 Å². The standard InChI is InChI=1S/C17H18Cl2N2O4/c18-11-1-2-13(12(19)9-11)21-15(22)10-14(16(21)23)20-5-3-17(4-6-20)24-7-8-25-17/h1-2,9,14H,3-8,10H2/t14-/m0/s1. The van der Waals surface area contributed by atoms with E-state index in [-0.39, 0.29) is 18.2 Å². The molecule has 0 aromatic heterocycles. The number of ether oxygens (including phenoxy) is 2. The van der Waals surface area contributed by atoms with E-state index in [0.717, 1.165) is 0 Å². The first kappa shape index (κ1) is 17.2. The van der Waals surface area contributed by atoms with Crippen molar-refractivity contribution in [2.24, 2.45) is 0 Å². The lowest BCUT2D eigenvalue weighted by atomic mass is 10.0. The largest absolute Gasteiger partial charge is 0.347 e. The van der Waals surface area contributed by atoms with Gasteiger partial charge < -0.3 is 9.47 Å². The zero-order valence-electron chi connectivity index (χ0n) is 13.5. The molecule has 2 amide bonds. The molecule has 4 rings (SSSR count). The first-order valence-corrected chi connectivity index (χ1v) is 9.08. The van der Waals surface area contributed by atoms with Crippen molar-refractivity contribution in [1.29, 1.82) is 0 Å². The van der Waals surface area contributed by atoms with Gasteiger partial charge in [0.2, 0.25) is 5.91 Å². The van der Waals surface area contributed by atoms with Crippen LogP contribution in [0.2, 0.25) is 10.0 Å². The van der Waals surface area contributed by atoms with E-state index < -0.39 is 11.8 Å². The summed E-state index contributed by atoms with van der Waals surface area (Å²) in [5, 5.41) is 0.752. The number of hydrogen-bond acceptors (Lipinski definition) is 5. The van der Waals surface area contributed by atoms with Crippen LogP contribution in [-0.4, -0.2) is 54.8 Å². The molecule has 3 saturated heterocycles. The maximum Gasteiger partial charge on any atom is 0.251 e. The van der Waals surface area contributed by atoms with Crippen molar-refractivity contribution in [2.75, 3.05) is 31.2 Å². The van der Waals surface area contributed by atoms with Gasteiger partial charge in [-0.25, -0.2) is 4.90 Å². The third-order valence-corrected chi connectivity index (χ3v) is 5.63. The quantitative estimate of drug-likeness (QED) is 0.733. The van der Waals surface area contributed by atoms with E-state index in [0.29, 0.717) is 54.9 Å². The van der Waals surface area contributed by atoms with Crippen molar-refractivity contribution >= 4 is 40.7 Å². The number of carbonyl (C=O) groups is 2. The van der Waals surface area contributed by atoms with Crippen LogP contribution in [0.5, 0.6) is 0 Å². The molecule has 0 aliphatic carbocycles. The number of carbonyl (C=O) groups excluding carboxylic acids is 2. The second kappa shape index (κ2) is 6.52. The molecule has 0 bridgehead atoms. The molecule has 8 heteroatoms. The van der Waals surface area contributed by atoms with Crippen LogP contribution in [-0.2, 0) is 19.1 Å². The molecule has 3 heterocycles. The van der Waals surface area contributed by atoms with Gasteiger partial charge in [-0.1, -0.05) is 23.2 Å². The number of imide groups is 1. The van der Waals surface area contributed by atoms with Crippen LogP contribution in [0.25, 0.3) is 0 Å². The van der Waals surface area contributed by atoms with Gasteiger partial charge in [-0.05, 0) is 18.2 Å². The summed E-state index contributed by atoms with van der Waals surface area (Å²) in [6.45, 7) is 2.55. The van der Waals surface area contributed by atoms with E-state index in [1.165, 1.54) is 11.0 Å². The summed E-state index contributed by atoms with van der Waals surface area (Å²) in [6, 6.07) is 4.30. The summed E-state index contributed by atoms with van der Waals surface area (Å²) < 4.78 is 11.4. The molecule has 6 nitrogen and oxygen atoms in total. The van der Waals surface area contributed by atoms with Gasteiger partial charge in [0.15, 0.2) is 5.79 Å². The lowest BCUT2D eigenvalue weighted by molar-refractivity contribution is -0.188. The molecule has 0 unspecified atom stereocenters. The molecule has 3 aliphatic rings. The minimum absolute atomic E-state index is 0.159. The number of rotatable bonds is 2. The molecule has 0 N–H and O–H groups in total. The van der Waals surface area contributed by atoms with Crippen LogP contribution < -0.4 is 4.90 Å². The number of piperidine rings is 1. The Morgan fingerprint density at radius 2 is 1.76 bits per heavy atom. The Hall–Kier alpha value is -1.18. The third kappa shape index (κ3) is 3.06. The summed E-state index contributed by atoms with van der Waals surface area (Å²) >= 11 is 12.1. The average molecular weight is 385 g/mol. The topological polar surface area (TPSA) is 59.1 Å². The fraction of sp³-hybridized carbons (Fsp3) is 0.529. The summed E-state index contributed by atoms with van der Waals surface area (Å²) in [5.41, 5.74) is 0.388. The zero-order valence-corrected chi connectivity index (χ0v) is 15.1. The van der Waals surface area contributed by atoms with E-state index in [1.54, 1.807) is 12.1 Å². The predicted molar refractivity (Wildman–Crippen MR) is 92.8 cm³/mol. The van der Waals surface area contributed by atoms with Gasteiger partial charge in [0, 0.05) is 31.0 Å². The highest BCUT2D eigenvalue weighted by Crippen LogP contribution is 2.36. The number of halogens is 2. The number of nitrogens with zero attached hydrogens (tertiary/aromatic N) is 2. The van der Waals surface area contributed by atoms with Gasteiger partial charge >= 0.3 is 0 Å². The van der Waals surface area contributed by atoms with Gasteiger partial charge in [-0.3, -0.25) is 14.5 Å². The van der Waals surface area contributed by atoms with E-state index in [4.69, 9.17) is 32.7 Å². The molecular formula is C17H18Cl2N2O4. The lowest BCUT2D eigenvalue weighted by Crippen LogP contribution is -2.51.